The molecule has 186 valence electrons. The van der Waals surface area contributed by atoms with Crippen LogP contribution in [0.25, 0.3) is 0 Å². The minimum Gasteiger partial charge on any atom is -0.483 e. The van der Waals surface area contributed by atoms with Crippen molar-refractivity contribution in [2.45, 2.75) is 19.9 Å². The van der Waals surface area contributed by atoms with Gasteiger partial charge in [-0.05, 0) is 62.0 Å². The lowest BCUT2D eigenvalue weighted by molar-refractivity contribution is -0.139. The molecule has 1 amide bonds. The monoisotopic (exact) mass is 507 g/mol. The van der Waals surface area contributed by atoms with E-state index >= 15 is 0 Å². The van der Waals surface area contributed by atoms with E-state index in [-0.39, 0.29) is 19.8 Å². The fraction of sp³-hybridized carbons (Fsp3) is 0.240. The number of nitrogens with one attached hydrogen (secondary N) is 3. The van der Waals surface area contributed by atoms with Gasteiger partial charge in [-0.2, -0.15) is 10.4 Å². The van der Waals surface area contributed by atoms with Crippen LogP contribution in [0.5, 0.6) is 11.5 Å². The Kier molecular flexibility index (Phi) is 9.36. The third-order valence-corrected chi connectivity index (χ3v) is 5.16. The minimum absolute atomic E-state index is 0.0347. The van der Waals surface area contributed by atoms with Crippen LogP contribution in [0.4, 0.5) is 0 Å². The van der Waals surface area contributed by atoms with Crippen molar-refractivity contribution in [1.82, 2.24) is 16.1 Å². The number of hydrogen-bond donors (Lipinski definition) is 3. The summed E-state index contributed by atoms with van der Waals surface area (Å²) in [5.41, 5.74) is 4.71. The number of benzene rings is 2. The molecule has 1 aliphatic rings. The number of nitrogens with zero attached hydrogens (tertiary/aromatic N) is 2. The van der Waals surface area contributed by atoms with Crippen molar-refractivity contribution in [2.75, 3.05) is 19.8 Å². The highest BCUT2D eigenvalue weighted by molar-refractivity contribution is 7.80. The number of amides is 1. The number of rotatable bonds is 10. The number of thiocarbonyl (C=S) groups is 1. The Morgan fingerprint density at radius 3 is 2.67 bits per heavy atom. The highest BCUT2D eigenvalue weighted by atomic mass is 32.1. The van der Waals surface area contributed by atoms with Crippen LogP contribution in [0, 0.1) is 11.3 Å². The van der Waals surface area contributed by atoms with E-state index < -0.39 is 17.9 Å². The number of nitriles is 1. The van der Waals surface area contributed by atoms with Gasteiger partial charge in [0.25, 0.3) is 5.91 Å². The van der Waals surface area contributed by atoms with Crippen molar-refractivity contribution in [3.05, 3.63) is 70.9 Å². The van der Waals surface area contributed by atoms with E-state index in [1.807, 2.05) is 6.07 Å². The predicted molar refractivity (Wildman–Crippen MR) is 136 cm³/mol. The van der Waals surface area contributed by atoms with Crippen molar-refractivity contribution in [3.63, 3.8) is 0 Å². The molecule has 11 heteroatoms. The van der Waals surface area contributed by atoms with Crippen LogP contribution >= 0.6 is 12.2 Å². The zero-order valence-corrected chi connectivity index (χ0v) is 20.6. The van der Waals surface area contributed by atoms with Gasteiger partial charge in [-0.1, -0.05) is 18.2 Å². The molecule has 0 bridgehead atoms. The lowest BCUT2D eigenvalue weighted by Gasteiger charge is -2.30. The molecule has 3 rings (SSSR count). The van der Waals surface area contributed by atoms with Crippen LogP contribution in [-0.2, 0) is 14.3 Å². The Balaban J connectivity index is 1.65. The second kappa shape index (κ2) is 12.9. The maximum absolute atomic E-state index is 12.6. The molecule has 0 saturated carbocycles. The topological polar surface area (TPSA) is 134 Å². The molecule has 36 heavy (non-hydrogen) atoms. The lowest BCUT2D eigenvalue weighted by Crippen LogP contribution is -2.45. The largest absolute Gasteiger partial charge is 0.483 e. The van der Waals surface area contributed by atoms with Gasteiger partial charge in [0.2, 0.25) is 0 Å². The summed E-state index contributed by atoms with van der Waals surface area (Å²) < 4.78 is 16.2. The van der Waals surface area contributed by atoms with E-state index in [2.05, 4.69) is 21.2 Å². The summed E-state index contributed by atoms with van der Waals surface area (Å²) in [6.07, 6.45) is 1.47. The molecule has 0 radical (unpaired) electrons. The molecule has 1 aliphatic heterocycles. The van der Waals surface area contributed by atoms with Gasteiger partial charge in [0, 0.05) is 11.3 Å². The Bertz CT molecular complexity index is 1220. The van der Waals surface area contributed by atoms with Crippen molar-refractivity contribution >= 4 is 35.4 Å². The quantitative estimate of drug-likeness (QED) is 0.192. The Morgan fingerprint density at radius 1 is 1.19 bits per heavy atom. The van der Waals surface area contributed by atoms with Crippen LogP contribution in [0.15, 0.2) is 64.9 Å². The van der Waals surface area contributed by atoms with Gasteiger partial charge in [-0.25, -0.2) is 10.2 Å². The normalized spacial score (nSPS) is 14.9. The predicted octanol–water partition coefficient (Wildman–Crippen LogP) is 2.47. The minimum atomic E-state index is -0.616. The molecule has 0 fully saturated rings. The Labute approximate surface area is 213 Å². The summed E-state index contributed by atoms with van der Waals surface area (Å²) in [5.74, 6) is 0.0153. The van der Waals surface area contributed by atoms with E-state index in [0.717, 1.165) is 5.56 Å². The summed E-state index contributed by atoms with van der Waals surface area (Å²) >= 11 is 5.28. The number of allylic oxidation sites excluding steroid dienone is 1. The maximum atomic E-state index is 12.6. The first-order chi connectivity index (χ1) is 17.4. The second-order valence-corrected chi connectivity index (χ2v) is 7.83. The summed E-state index contributed by atoms with van der Waals surface area (Å²) in [5, 5.41) is 18.9. The van der Waals surface area contributed by atoms with E-state index in [0.29, 0.717) is 33.4 Å². The van der Waals surface area contributed by atoms with Crippen molar-refractivity contribution in [1.29, 1.82) is 5.26 Å². The Hall–Kier alpha value is -4.43. The molecule has 10 nitrogen and oxygen atoms in total. The Morgan fingerprint density at radius 2 is 1.94 bits per heavy atom. The average molecular weight is 508 g/mol. The van der Waals surface area contributed by atoms with E-state index in [1.54, 1.807) is 62.4 Å². The summed E-state index contributed by atoms with van der Waals surface area (Å²) in [6, 6.07) is 15.2. The van der Waals surface area contributed by atoms with Gasteiger partial charge in [0.1, 0.15) is 17.6 Å². The number of hydrogen-bond acceptors (Lipinski definition) is 8. The number of ether oxygens (including phenoxy) is 3. The van der Waals surface area contributed by atoms with Gasteiger partial charge < -0.3 is 24.8 Å². The first-order valence-corrected chi connectivity index (χ1v) is 11.4. The zero-order valence-electron chi connectivity index (χ0n) is 19.7. The van der Waals surface area contributed by atoms with Gasteiger partial charge in [0.05, 0.1) is 24.4 Å². The molecular formula is C25H25N5O5S. The smallest absolute Gasteiger partial charge is 0.338 e. The first kappa shape index (κ1) is 26.2. The van der Waals surface area contributed by atoms with E-state index in [1.165, 1.54) is 6.21 Å². The van der Waals surface area contributed by atoms with E-state index in [4.69, 9.17) is 31.7 Å². The summed E-state index contributed by atoms with van der Waals surface area (Å²) in [6.45, 7) is 3.36. The molecule has 1 atom stereocenters. The summed E-state index contributed by atoms with van der Waals surface area (Å²) in [7, 11) is 0. The van der Waals surface area contributed by atoms with Crippen molar-refractivity contribution in [3.8, 4) is 17.6 Å². The van der Waals surface area contributed by atoms with Gasteiger partial charge in [-0.15, -0.1) is 0 Å². The molecule has 0 spiro atoms. The summed E-state index contributed by atoms with van der Waals surface area (Å²) in [4.78, 5) is 24.9. The third kappa shape index (κ3) is 7.04. The van der Waals surface area contributed by atoms with Crippen LogP contribution in [-0.4, -0.2) is 43.0 Å². The number of esters is 1. The molecule has 0 aromatic heterocycles. The second-order valence-electron chi connectivity index (χ2n) is 7.43. The molecule has 2 aromatic rings. The molecule has 3 N–H and O–H groups in total. The van der Waals surface area contributed by atoms with Crippen molar-refractivity contribution < 1.29 is 23.8 Å². The first-order valence-electron chi connectivity index (χ1n) is 11.0. The van der Waals surface area contributed by atoms with Crippen LogP contribution < -0.4 is 25.5 Å². The van der Waals surface area contributed by atoms with Gasteiger partial charge >= 0.3 is 5.97 Å². The zero-order chi connectivity index (χ0) is 25.9. The fourth-order valence-electron chi connectivity index (χ4n) is 3.38. The van der Waals surface area contributed by atoms with Crippen LogP contribution in [0.3, 0.4) is 0 Å². The highest BCUT2D eigenvalue weighted by Crippen LogP contribution is 2.33. The molecular weight excluding hydrogens is 482 g/mol. The average Bonchev–Trinajstić information content (AvgIpc) is 2.87. The fourth-order valence-corrected chi connectivity index (χ4v) is 3.65. The van der Waals surface area contributed by atoms with Crippen LogP contribution in [0.1, 0.15) is 31.0 Å². The standard InChI is InChI=1S/C25H25N5O5S/c1-3-33-24(32)22-16(2)28-25(36)29-23(22)19-6-4-5-7-20(19)35-15-21(31)30-27-14-17-8-10-18(11-9-17)34-13-12-26/h4-11,14,23H,3,13,15H2,1-2H3,(H,30,31)(H2,28,29,36)/t23-/m1/s1. The SMILES string of the molecule is CCOC(=O)C1=C(C)NC(=S)N[C@@H]1c1ccccc1OCC(=O)NN=Cc1ccc(OCC#N)cc1. The molecule has 0 saturated heterocycles. The van der Waals surface area contributed by atoms with Gasteiger partial charge in [-0.3, -0.25) is 4.79 Å². The molecule has 2 aromatic carbocycles. The van der Waals surface area contributed by atoms with Gasteiger partial charge in [0.15, 0.2) is 18.3 Å². The molecule has 0 aliphatic carbocycles. The third-order valence-electron chi connectivity index (χ3n) is 4.94. The molecule has 1 heterocycles. The lowest BCUT2D eigenvalue weighted by atomic mass is 9.95. The number of hydrazone groups is 1. The van der Waals surface area contributed by atoms with E-state index in [9.17, 15) is 9.59 Å². The molecule has 0 unspecified atom stereocenters. The highest BCUT2D eigenvalue weighted by Gasteiger charge is 2.32. The number of para-hydroxylation sites is 1. The maximum Gasteiger partial charge on any atom is 0.338 e. The van der Waals surface area contributed by atoms with Crippen molar-refractivity contribution in [2.24, 2.45) is 5.10 Å². The number of carbonyl (C=O) groups excluding carboxylic acids is 2. The number of carbonyl (C=O) groups is 2. The van der Waals surface area contributed by atoms with Crippen LogP contribution in [0.2, 0.25) is 0 Å².